The first kappa shape index (κ1) is 14.6. The van der Waals surface area contributed by atoms with Crippen LogP contribution in [0.1, 0.15) is 44.8 Å². The van der Waals surface area contributed by atoms with Gasteiger partial charge in [-0.1, -0.05) is 19.8 Å². The predicted octanol–water partition coefficient (Wildman–Crippen LogP) is 1.86. The monoisotopic (exact) mass is 251 g/mol. The zero-order chi connectivity index (χ0) is 13.2. The standard InChI is InChI=1S/C13H21N3O2/c1-3-4-5-8-18-10-13(17)16-11(2)12-9-14-6-7-15-12/h6-7,9,11H,3-5,8,10H2,1-2H3,(H,16,17)/t11-/m0/s1. The molecule has 0 saturated carbocycles. The van der Waals surface area contributed by atoms with Gasteiger partial charge in [0.15, 0.2) is 0 Å². The molecule has 1 aromatic rings. The maximum atomic E-state index is 11.6. The molecule has 1 atom stereocenters. The van der Waals surface area contributed by atoms with E-state index in [1.807, 2.05) is 6.92 Å². The molecule has 0 spiro atoms. The highest BCUT2D eigenvalue weighted by Gasteiger charge is 2.10. The van der Waals surface area contributed by atoms with Gasteiger partial charge in [0.25, 0.3) is 0 Å². The maximum absolute atomic E-state index is 11.6. The molecular formula is C13H21N3O2. The van der Waals surface area contributed by atoms with E-state index in [4.69, 9.17) is 4.74 Å². The highest BCUT2D eigenvalue weighted by Crippen LogP contribution is 2.05. The van der Waals surface area contributed by atoms with E-state index in [0.717, 1.165) is 25.0 Å². The summed E-state index contributed by atoms with van der Waals surface area (Å²) in [6.45, 7) is 4.75. The van der Waals surface area contributed by atoms with Crippen molar-refractivity contribution in [3.8, 4) is 0 Å². The normalized spacial score (nSPS) is 12.1. The van der Waals surface area contributed by atoms with Crippen LogP contribution in [-0.4, -0.2) is 29.1 Å². The third-order valence-corrected chi connectivity index (χ3v) is 2.53. The molecule has 0 aromatic carbocycles. The van der Waals surface area contributed by atoms with Crippen molar-refractivity contribution in [3.05, 3.63) is 24.3 Å². The van der Waals surface area contributed by atoms with Crippen molar-refractivity contribution >= 4 is 5.91 Å². The Labute approximate surface area is 108 Å². The molecule has 0 fully saturated rings. The van der Waals surface area contributed by atoms with Crippen molar-refractivity contribution in [2.45, 2.75) is 39.2 Å². The Morgan fingerprint density at radius 2 is 2.28 bits per heavy atom. The van der Waals surface area contributed by atoms with Gasteiger partial charge in [-0.3, -0.25) is 14.8 Å². The largest absolute Gasteiger partial charge is 0.372 e. The molecule has 5 nitrogen and oxygen atoms in total. The smallest absolute Gasteiger partial charge is 0.246 e. The summed E-state index contributed by atoms with van der Waals surface area (Å²) in [7, 11) is 0. The van der Waals surface area contributed by atoms with Crippen molar-refractivity contribution in [2.75, 3.05) is 13.2 Å². The average molecular weight is 251 g/mol. The number of carbonyl (C=O) groups excluding carboxylic acids is 1. The van der Waals surface area contributed by atoms with Gasteiger partial charge in [-0.05, 0) is 13.3 Å². The van der Waals surface area contributed by atoms with Crippen molar-refractivity contribution in [3.63, 3.8) is 0 Å². The Balaban J connectivity index is 2.20. The fourth-order valence-corrected chi connectivity index (χ4v) is 1.51. The summed E-state index contributed by atoms with van der Waals surface area (Å²) in [5.41, 5.74) is 0.747. The summed E-state index contributed by atoms with van der Waals surface area (Å²) in [5.74, 6) is -0.121. The Kier molecular flexibility index (Phi) is 6.94. The lowest BCUT2D eigenvalue weighted by Crippen LogP contribution is -2.30. The van der Waals surface area contributed by atoms with Crippen LogP contribution in [0.5, 0.6) is 0 Å². The quantitative estimate of drug-likeness (QED) is 0.716. The Morgan fingerprint density at radius 1 is 1.44 bits per heavy atom. The molecule has 0 aliphatic rings. The van der Waals surface area contributed by atoms with E-state index in [9.17, 15) is 4.79 Å². The maximum Gasteiger partial charge on any atom is 0.246 e. The molecule has 1 heterocycles. The third kappa shape index (κ3) is 5.72. The van der Waals surface area contributed by atoms with Gasteiger partial charge in [-0.25, -0.2) is 0 Å². The third-order valence-electron chi connectivity index (χ3n) is 2.53. The van der Waals surface area contributed by atoms with Crippen LogP contribution >= 0.6 is 0 Å². The topological polar surface area (TPSA) is 64.1 Å². The molecule has 0 radical (unpaired) electrons. The summed E-state index contributed by atoms with van der Waals surface area (Å²) in [6.07, 6.45) is 8.15. The zero-order valence-corrected chi connectivity index (χ0v) is 11.1. The number of rotatable bonds is 8. The number of amides is 1. The molecule has 0 bridgehead atoms. The highest BCUT2D eigenvalue weighted by atomic mass is 16.5. The van der Waals surface area contributed by atoms with Gasteiger partial charge in [0.1, 0.15) is 6.61 Å². The van der Waals surface area contributed by atoms with E-state index in [1.54, 1.807) is 18.6 Å². The van der Waals surface area contributed by atoms with E-state index >= 15 is 0 Å². The average Bonchev–Trinajstić information content (AvgIpc) is 2.39. The lowest BCUT2D eigenvalue weighted by Gasteiger charge is -2.12. The van der Waals surface area contributed by atoms with Crippen molar-refractivity contribution in [1.29, 1.82) is 0 Å². The molecular weight excluding hydrogens is 230 g/mol. The summed E-state index contributed by atoms with van der Waals surface area (Å²) < 4.78 is 5.29. The molecule has 0 unspecified atom stereocenters. The van der Waals surface area contributed by atoms with E-state index in [-0.39, 0.29) is 18.6 Å². The van der Waals surface area contributed by atoms with Gasteiger partial charge < -0.3 is 10.1 Å². The minimum atomic E-state index is -0.148. The SMILES string of the molecule is CCCCCOCC(=O)N[C@@H](C)c1cnccn1. The van der Waals surface area contributed by atoms with Gasteiger partial charge in [-0.2, -0.15) is 0 Å². The first-order valence-electron chi connectivity index (χ1n) is 6.37. The summed E-state index contributed by atoms with van der Waals surface area (Å²) in [5, 5.41) is 2.82. The molecule has 0 aliphatic heterocycles. The van der Waals surface area contributed by atoms with Crippen LogP contribution in [-0.2, 0) is 9.53 Å². The summed E-state index contributed by atoms with van der Waals surface area (Å²) in [4.78, 5) is 19.7. The van der Waals surface area contributed by atoms with Crippen molar-refractivity contribution in [1.82, 2.24) is 15.3 Å². The minimum absolute atomic E-state index is 0.105. The minimum Gasteiger partial charge on any atom is -0.372 e. The lowest BCUT2D eigenvalue weighted by molar-refractivity contribution is -0.126. The van der Waals surface area contributed by atoms with E-state index in [0.29, 0.717) is 6.61 Å². The molecule has 1 rings (SSSR count). The number of nitrogens with zero attached hydrogens (tertiary/aromatic N) is 2. The van der Waals surface area contributed by atoms with Crippen LogP contribution in [0.25, 0.3) is 0 Å². The van der Waals surface area contributed by atoms with Crippen LogP contribution in [0.2, 0.25) is 0 Å². The molecule has 100 valence electrons. The molecule has 18 heavy (non-hydrogen) atoms. The predicted molar refractivity (Wildman–Crippen MR) is 68.9 cm³/mol. The van der Waals surface area contributed by atoms with Crippen LogP contribution in [0, 0.1) is 0 Å². The molecule has 1 aromatic heterocycles. The van der Waals surface area contributed by atoms with E-state index in [2.05, 4.69) is 22.2 Å². The Bertz CT molecular complexity index is 343. The second-order valence-corrected chi connectivity index (χ2v) is 4.18. The van der Waals surface area contributed by atoms with Crippen LogP contribution in [0.3, 0.4) is 0 Å². The van der Waals surface area contributed by atoms with Gasteiger partial charge in [-0.15, -0.1) is 0 Å². The van der Waals surface area contributed by atoms with E-state index < -0.39 is 0 Å². The second kappa shape index (κ2) is 8.58. The number of nitrogens with one attached hydrogen (secondary N) is 1. The summed E-state index contributed by atoms with van der Waals surface area (Å²) >= 11 is 0. The van der Waals surface area contributed by atoms with E-state index in [1.165, 1.54) is 0 Å². The fraction of sp³-hybridized carbons (Fsp3) is 0.615. The van der Waals surface area contributed by atoms with Crippen LogP contribution in [0.4, 0.5) is 0 Å². The van der Waals surface area contributed by atoms with Crippen LogP contribution < -0.4 is 5.32 Å². The molecule has 1 amide bonds. The molecule has 0 aliphatic carbocycles. The van der Waals surface area contributed by atoms with Gasteiger partial charge in [0.2, 0.25) is 5.91 Å². The lowest BCUT2D eigenvalue weighted by atomic mass is 10.2. The number of hydrogen-bond acceptors (Lipinski definition) is 4. The number of unbranched alkanes of at least 4 members (excludes halogenated alkanes) is 2. The fourth-order valence-electron chi connectivity index (χ4n) is 1.51. The van der Waals surface area contributed by atoms with Gasteiger partial charge in [0, 0.05) is 19.0 Å². The molecule has 5 heteroatoms. The highest BCUT2D eigenvalue weighted by molar-refractivity contribution is 5.77. The first-order chi connectivity index (χ1) is 8.74. The van der Waals surface area contributed by atoms with Gasteiger partial charge in [0.05, 0.1) is 17.9 Å². The van der Waals surface area contributed by atoms with Crippen molar-refractivity contribution < 1.29 is 9.53 Å². The number of aromatic nitrogens is 2. The molecule has 0 saturated heterocycles. The second-order valence-electron chi connectivity index (χ2n) is 4.18. The van der Waals surface area contributed by atoms with Crippen molar-refractivity contribution in [2.24, 2.45) is 0 Å². The zero-order valence-electron chi connectivity index (χ0n) is 11.1. The number of hydrogen-bond donors (Lipinski definition) is 1. The Morgan fingerprint density at radius 3 is 2.94 bits per heavy atom. The molecule has 1 N–H and O–H groups in total. The van der Waals surface area contributed by atoms with Crippen LogP contribution in [0.15, 0.2) is 18.6 Å². The number of ether oxygens (including phenoxy) is 1. The summed E-state index contributed by atoms with van der Waals surface area (Å²) in [6, 6.07) is -0.148. The number of carbonyl (C=O) groups is 1. The Hall–Kier alpha value is -1.49. The van der Waals surface area contributed by atoms with Gasteiger partial charge >= 0.3 is 0 Å². The first-order valence-corrected chi connectivity index (χ1v) is 6.37.